The predicted octanol–water partition coefficient (Wildman–Crippen LogP) is 3.04. The first-order valence-corrected chi connectivity index (χ1v) is 11.4. The molecule has 0 spiro atoms. The molecule has 0 aliphatic heterocycles. The molecule has 0 unspecified atom stereocenters. The SMILES string of the molecule is Cn1c(O)c(C(c2cc(Br)c(O)c(Br)c2)c2c(O)n(C)c(=S)n(C)c2=O)c(=O)n(C)c1=S. The number of hydrogen-bond donors (Lipinski definition) is 3. The van der Waals surface area contributed by atoms with Crippen LogP contribution in [0.5, 0.6) is 17.5 Å². The van der Waals surface area contributed by atoms with E-state index in [2.05, 4.69) is 31.9 Å². The third kappa shape index (κ3) is 3.66. The second-order valence-electron chi connectivity index (χ2n) is 7.15. The summed E-state index contributed by atoms with van der Waals surface area (Å²) in [5.41, 5.74) is -1.34. The highest BCUT2D eigenvalue weighted by Gasteiger charge is 2.33. The second kappa shape index (κ2) is 8.61. The first kappa shape index (κ1) is 24.4. The van der Waals surface area contributed by atoms with Crippen LogP contribution in [0.4, 0.5) is 0 Å². The van der Waals surface area contributed by atoms with Crippen LogP contribution in [0.2, 0.25) is 0 Å². The van der Waals surface area contributed by atoms with Crippen LogP contribution >= 0.6 is 56.3 Å². The average Bonchev–Trinajstić information content (AvgIpc) is 2.75. The van der Waals surface area contributed by atoms with Gasteiger partial charge in [-0.25, -0.2) is 0 Å². The van der Waals surface area contributed by atoms with E-state index >= 15 is 0 Å². The molecule has 9 nitrogen and oxygen atoms in total. The molecule has 0 radical (unpaired) electrons. The molecule has 0 bridgehead atoms. The molecule has 2 aromatic heterocycles. The van der Waals surface area contributed by atoms with Crippen LogP contribution < -0.4 is 11.1 Å². The molecule has 32 heavy (non-hydrogen) atoms. The largest absolute Gasteiger partial charge is 0.506 e. The van der Waals surface area contributed by atoms with Gasteiger partial charge in [-0.2, -0.15) is 0 Å². The number of phenols is 1. The smallest absolute Gasteiger partial charge is 0.262 e. The van der Waals surface area contributed by atoms with E-state index in [-0.39, 0.29) is 35.4 Å². The zero-order valence-corrected chi connectivity index (χ0v) is 22.1. The highest BCUT2D eigenvalue weighted by atomic mass is 79.9. The van der Waals surface area contributed by atoms with Gasteiger partial charge in [-0.3, -0.25) is 27.9 Å². The summed E-state index contributed by atoms with van der Waals surface area (Å²) in [6, 6.07) is 2.98. The third-order valence-electron chi connectivity index (χ3n) is 5.28. The summed E-state index contributed by atoms with van der Waals surface area (Å²) < 4.78 is 5.44. The second-order valence-corrected chi connectivity index (χ2v) is 9.59. The maximum atomic E-state index is 13.3. The van der Waals surface area contributed by atoms with Gasteiger partial charge in [-0.05, 0) is 74.0 Å². The number of rotatable bonds is 3. The van der Waals surface area contributed by atoms with Gasteiger partial charge in [0.1, 0.15) is 5.75 Å². The molecule has 1 aromatic carbocycles. The van der Waals surface area contributed by atoms with Crippen LogP contribution in [0.15, 0.2) is 30.7 Å². The number of benzene rings is 1. The van der Waals surface area contributed by atoms with Crippen LogP contribution in [0.1, 0.15) is 22.6 Å². The van der Waals surface area contributed by atoms with Crippen molar-refractivity contribution in [2.75, 3.05) is 0 Å². The lowest BCUT2D eigenvalue weighted by molar-refractivity contribution is 0.395. The first-order valence-electron chi connectivity index (χ1n) is 8.96. The van der Waals surface area contributed by atoms with Crippen LogP contribution in [0, 0.1) is 9.54 Å². The Labute approximate surface area is 208 Å². The average molecular weight is 606 g/mol. The van der Waals surface area contributed by atoms with Crippen molar-refractivity contribution in [3.05, 3.63) is 68.0 Å². The van der Waals surface area contributed by atoms with Crippen molar-refractivity contribution < 1.29 is 15.3 Å². The lowest BCUT2D eigenvalue weighted by atomic mass is 9.86. The van der Waals surface area contributed by atoms with E-state index in [1.54, 1.807) is 0 Å². The molecular formula is C19H18Br2N4O5S2. The number of halogens is 2. The van der Waals surface area contributed by atoms with Crippen molar-refractivity contribution in [2.24, 2.45) is 28.2 Å². The van der Waals surface area contributed by atoms with E-state index in [9.17, 15) is 24.9 Å². The quantitative estimate of drug-likeness (QED) is 0.393. The molecule has 0 aliphatic carbocycles. The van der Waals surface area contributed by atoms with Gasteiger partial charge in [0.2, 0.25) is 11.8 Å². The number of aromatic hydroxyl groups is 3. The summed E-state index contributed by atoms with van der Waals surface area (Å²) in [6.07, 6.45) is 0. The minimum absolute atomic E-state index is 0.0617. The molecule has 0 atom stereocenters. The minimum Gasteiger partial charge on any atom is -0.506 e. The Balaban J connectivity index is 2.63. The van der Waals surface area contributed by atoms with Crippen LogP contribution in [-0.4, -0.2) is 33.6 Å². The van der Waals surface area contributed by atoms with Gasteiger partial charge in [-0.1, -0.05) is 0 Å². The molecule has 13 heteroatoms. The third-order valence-corrected chi connectivity index (χ3v) is 7.59. The van der Waals surface area contributed by atoms with E-state index < -0.39 is 28.8 Å². The number of nitrogens with zero attached hydrogens (tertiary/aromatic N) is 4. The fourth-order valence-electron chi connectivity index (χ4n) is 3.45. The summed E-state index contributed by atoms with van der Waals surface area (Å²) in [4.78, 5) is 26.6. The molecule has 0 saturated heterocycles. The van der Waals surface area contributed by atoms with Gasteiger partial charge < -0.3 is 15.3 Å². The van der Waals surface area contributed by atoms with Crippen molar-refractivity contribution in [1.82, 2.24) is 18.3 Å². The Bertz CT molecular complexity index is 1410. The predicted molar refractivity (Wildman–Crippen MR) is 131 cm³/mol. The molecule has 3 rings (SSSR count). The molecule has 3 aromatic rings. The van der Waals surface area contributed by atoms with Crippen LogP contribution in [0.3, 0.4) is 0 Å². The van der Waals surface area contributed by atoms with Crippen molar-refractivity contribution in [2.45, 2.75) is 5.92 Å². The van der Waals surface area contributed by atoms with Gasteiger partial charge in [0, 0.05) is 28.2 Å². The van der Waals surface area contributed by atoms with Gasteiger partial charge >= 0.3 is 0 Å². The fraction of sp³-hybridized carbons (Fsp3) is 0.263. The number of hydrogen-bond acceptors (Lipinski definition) is 7. The number of aromatic nitrogens is 4. The van der Waals surface area contributed by atoms with Gasteiger partial charge in [0.15, 0.2) is 9.54 Å². The van der Waals surface area contributed by atoms with Crippen molar-refractivity contribution >= 4 is 56.3 Å². The van der Waals surface area contributed by atoms with Crippen molar-refractivity contribution in [3.63, 3.8) is 0 Å². The lowest BCUT2D eigenvalue weighted by Crippen LogP contribution is -2.33. The maximum Gasteiger partial charge on any atom is 0.262 e. The van der Waals surface area contributed by atoms with Crippen LogP contribution in [-0.2, 0) is 28.2 Å². The molecular weight excluding hydrogens is 588 g/mol. The Hall–Kier alpha value is -2.22. The van der Waals surface area contributed by atoms with E-state index in [0.717, 1.165) is 9.13 Å². The molecule has 0 fully saturated rings. The molecule has 3 N–H and O–H groups in total. The first-order chi connectivity index (χ1) is 14.8. The summed E-state index contributed by atoms with van der Waals surface area (Å²) in [5.74, 6) is -2.26. The standard InChI is InChI=1S/C19H18Br2N4O5S2/c1-22-14(27)11(15(28)23(2)18(22)31)10(7-5-8(20)13(26)9(21)6-7)12-16(29)24(3)19(32)25(4)17(12)30/h5-6,10,26-27,29H,1-4H3. The fourth-order valence-corrected chi connectivity index (χ4v) is 5.01. The van der Waals surface area contributed by atoms with E-state index in [4.69, 9.17) is 24.4 Å². The summed E-state index contributed by atoms with van der Waals surface area (Å²) in [7, 11) is 5.84. The normalized spacial score (nSPS) is 11.3. The Kier molecular flexibility index (Phi) is 6.57. The molecule has 2 heterocycles. The van der Waals surface area contributed by atoms with Gasteiger partial charge in [0.25, 0.3) is 11.1 Å². The van der Waals surface area contributed by atoms with E-state index in [1.807, 2.05) is 0 Å². The molecule has 170 valence electrons. The summed E-state index contributed by atoms with van der Waals surface area (Å²) in [5, 5.41) is 32.0. The lowest BCUT2D eigenvalue weighted by Gasteiger charge is -2.23. The minimum atomic E-state index is -1.23. The summed E-state index contributed by atoms with van der Waals surface area (Å²) >= 11 is 16.9. The number of phenolic OH excluding ortho intramolecular Hbond substituents is 1. The molecule has 0 amide bonds. The van der Waals surface area contributed by atoms with Crippen LogP contribution in [0.25, 0.3) is 0 Å². The molecule has 0 aliphatic rings. The zero-order valence-electron chi connectivity index (χ0n) is 17.3. The topological polar surface area (TPSA) is 115 Å². The summed E-state index contributed by atoms with van der Waals surface area (Å²) in [6.45, 7) is 0. The molecule has 0 saturated carbocycles. The Morgan fingerprint density at radius 1 is 0.750 bits per heavy atom. The monoisotopic (exact) mass is 604 g/mol. The highest BCUT2D eigenvalue weighted by molar-refractivity contribution is 9.11. The Morgan fingerprint density at radius 3 is 1.44 bits per heavy atom. The highest BCUT2D eigenvalue weighted by Crippen LogP contribution is 2.42. The van der Waals surface area contributed by atoms with E-state index in [0.29, 0.717) is 5.56 Å². The van der Waals surface area contributed by atoms with Gasteiger partial charge in [0.05, 0.1) is 26.0 Å². The van der Waals surface area contributed by atoms with Gasteiger partial charge in [-0.15, -0.1) is 0 Å². The zero-order chi connectivity index (χ0) is 24.2. The maximum absolute atomic E-state index is 13.3. The van der Waals surface area contributed by atoms with Crippen molar-refractivity contribution in [3.8, 4) is 17.5 Å². The van der Waals surface area contributed by atoms with E-state index in [1.165, 1.54) is 49.5 Å². The Morgan fingerprint density at radius 2 is 1.09 bits per heavy atom. The van der Waals surface area contributed by atoms with Crippen molar-refractivity contribution in [1.29, 1.82) is 0 Å².